The van der Waals surface area contributed by atoms with Crippen LogP contribution < -0.4 is 0 Å². The van der Waals surface area contributed by atoms with E-state index in [0.29, 0.717) is 5.39 Å². The first-order valence-corrected chi connectivity index (χ1v) is 4.41. The maximum Gasteiger partial charge on any atom is 0.433 e. The molecule has 4 heteroatoms. The summed E-state index contributed by atoms with van der Waals surface area (Å²) in [5.41, 5.74) is -0.623. The van der Waals surface area contributed by atoms with Crippen LogP contribution >= 0.6 is 0 Å². The van der Waals surface area contributed by atoms with E-state index in [-0.39, 0.29) is 5.56 Å². The molecule has 0 atom stereocenters. The standard InChI is InChI=1S/C11H8F3N/c1-7-9-5-3-2-4-8(9)6-15-10(7)11(12,13)14/h2-6H,1H3. The molecule has 1 aromatic carbocycles. The van der Waals surface area contributed by atoms with E-state index in [1.165, 1.54) is 13.1 Å². The second-order valence-corrected chi connectivity index (χ2v) is 3.32. The van der Waals surface area contributed by atoms with Crippen LogP contribution in [0.5, 0.6) is 0 Å². The van der Waals surface area contributed by atoms with Crippen molar-refractivity contribution < 1.29 is 13.2 Å². The highest BCUT2D eigenvalue weighted by atomic mass is 19.4. The number of rotatable bonds is 0. The summed E-state index contributed by atoms with van der Waals surface area (Å²) in [4.78, 5) is 3.45. The minimum atomic E-state index is -4.38. The van der Waals surface area contributed by atoms with Crippen LogP contribution in [0.25, 0.3) is 10.8 Å². The Morgan fingerprint density at radius 1 is 1.13 bits per heavy atom. The van der Waals surface area contributed by atoms with Gasteiger partial charge in [0.25, 0.3) is 0 Å². The fourth-order valence-electron chi connectivity index (χ4n) is 1.60. The van der Waals surface area contributed by atoms with Crippen molar-refractivity contribution in [3.05, 3.63) is 41.7 Å². The molecule has 0 saturated carbocycles. The van der Waals surface area contributed by atoms with Crippen LogP contribution in [0, 0.1) is 6.92 Å². The van der Waals surface area contributed by atoms with Crippen molar-refractivity contribution >= 4 is 10.8 Å². The van der Waals surface area contributed by atoms with E-state index >= 15 is 0 Å². The lowest BCUT2D eigenvalue weighted by molar-refractivity contribution is -0.141. The molecule has 0 unspecified atom stereocenters. The summed E-state index contributed by atoms with van der Waals surface area (Å²) in [5.74, 6) is 0. The maximum absolute atomic E-state index is 12.5. The van der Waals surface area contributed by atoms with Crippen molar-refractivity contribution in [3.63, 3.8) is 0 Å². The van der Waals surface area contributed by atoms with E-state index in [0.717, 1.165) is 5.39 Å². The Morgan fingerprint density at radius 3 is 2.47 bits per heavy atom. The number of hydrogen-bond acceptors (Lipinski definition) is 1. The lowest BCUT2D eigenvalue weighted by Crippen LogP contribution is -2.10. The maximum atomic E-state index is 12.5. The Balaban J connectivity index is 2.76. The van der Waals surface area contributed by atoms with Crippen molar-refractivity contribution in [1.82, 2.24) is 4.98 Å². The average molecular weight is 211 g/mol. The van der Waals surface area contributed by atoms with E-state index < -0.39 is 11.9 Å². The van der Waals surface area contributed by atoms with E-state index in [9.17, 15) is 13.2 Å². The molecule has 1 nitrogen and oxygen atoms in total. The van der Waals surface area contributed by atoms with Gasteiger partial charge in [-0.2, -0.15) is 13.2 Å². The molecule has 2 aromatic rings. The summed E-state index contributed by atoms with van der Waals surface area (Å²) in [6, 6.07) is 6.91. The number of hydrogen-bond donors (Lipinski definition) is 0. The average Bonchev–Trinajstić information content (AvgIpc) is 2.16. The number of pyridine rings is 1. The minimum absolute atomic E-state index is 0.181. The fraction of sp³-hybridized carbons (Fsp3) is 0.182. The second kappa shape index (κ2) is 3.22. The van der Waals surface area contributed by atoms with Gasteiger partial charge in [-0.25, -0.2) is 0 Å². The Labute approximate surface area is 84.6 Å². The summed E-state index contributed by atoms with van der Waals surface area (Å²) in [6.07, 6.45) is -3.13. The Kier molecular flexibility index (Phi) is 2.14. The normalized spacial score (nSPS) is 12.0. The van der Waals surface area contributed by atoms with Gasteiger partial charge in [0, 0.05) is 11.6 Å². The molecule has 78 valence electrons. The second-order valence-electron chi connectivity index (χ2n) is 3.32. The van der Waals surface area contributed by atoms with Crippen molar-refractivity contribution in [2.75, 3.05) is 0 Å². The predicted octanol–water partition coefficient (Wildman–Crippen LogP) is 3.56. The number of halogens is 3. The Morgan fingerprint density at radius 2 is 1.80 bits per heavy atom. The minimum Gasteiger partial charge on any atom is -0.251 e. The molecule has 0 aliphatic rings. The fourth-order valence-corrected chi connectivity index (χ4v) is 1.60. The van der Waals surface area contributed by atoms with Crippen molar-refractivity contribution in [2.24, 2.45) is 0 Å². The summed E-state index contributed by atoms with van der Waals surface area (Å²) in [6.45, 7) is 1.44. The van der Waals surface area contributed by atoms with Crippen LogP contribution in [-0.4, -0.2) is 4.98 Å². The largest absolute Gasteiger partial charge is 0.433 e. The zero-order valence-electron chi connectivity index (χ0n) is 7.97. The molecule has 15 heavy (non-hydrogen) atoms. The highest BCUT2D eigenvalue weighted by molar-refractivity contribution is 5.85. The van der Waals surface area contributed by atoms with Crippen LogP contribution in [-0.2, 0) is 6.18 Å². The van der Waals surface area contributed by atoms with Gasteiger partial charge < -0.3 is 0 Å². The molecule has 2 rings (SSSR count). The molecule has 0 aliphatic heterocycles. The SMILES string of the molecule is Cc1c(C(F)(F)F)ncc2ccccc12. The van der Waals surface area contributed by atoms with Crippen LogP contribution in [0.15, 0.2) is 30.5 Å². The van der Waals surface area contributed by atoms with Crippen LogP contribution in [0.3, 0.4) is 0 Å². The van der Waals surface area contributed by atoms with E-state index in [1.54, 1.807) is 24.3 Å². The first-order chi connectivity index (χ1) is 7.00. The van der Waals surface area contributed by atoms with Gasteiger partial charge in [0.05, 0.1) is 0 Å². The third kappa shape index (κ3) is 1.67. The molecule has 0 N–H and O–H groups in total. The molecule has 0 bridgehead atoms. The molecular weight excluding hydrogens is 203 g/mol. The summed E-state index contributed by atoms with van der Waals surface area (Å²) in [7, 11) is 0. The Hall–Kier alpha value is -1.58. The number of alkyl halides is 3. The summed E-state index contributed by atoms with van der Waals surface area (Å²) >= 11 is 0. The van der Waals surface area contributed by atoms with Crippen molar-refractivity contribution in [1.29, 1.82) is 0 Å². The molecule has 1 aromatic heterocycles. The lowest BCUT2D eigenvalue weighted by Gasteiger charge is -2.10. The zero-order chi connectivity index (χ0) is 11.1. The smallest absolute Gasteiger partial charge is 0.251 e. The lowest BCUT2D eigenvalue weighted by atomic mass is 10.1. The van der Waals surface area contributed by atoms with Gasteiger partial charge >= 0.3 is 6.18 Å². The van der Waals surface area contributed by atoms with E-state index in [1.807, 2.05) is 0 Å². The number of fused-ring (bicyclic) bond motifs is 1. The Bertz CT molecular complexity index is 503. The molecule has 1 heterocycles. The third-order valence-corrected chi connectivity index (χ3v) is 2.32. The van der Waals surface area contributed by atoms with Gasteiger partial charge in [-0.15, -0.1) is 0 Å². The first-order valence-electron chi connectivity index (χ1n) is 4.41. The number of nitrogens with zero attached hydrogens (tertiary/aromatic N) is 1. The van der Waals surface area contributed by atoms with Crippen LogP contribution in [0.4, 0.5) is 13.2 Å². The van der Waals surface area contributed by atoms with Gasteiger partial charge in [-0.05, 0) is 17.9 Å². The monoisotopic (exact) mass is 211 g/mol. The highest BCUT2D eigenvalue weighted by Crippen LogP contribution is 2.32. The number of aryl methyl sites for hydroxylation is 1. The van der Waals surface area contributed by atoms with Gasteiger partial charge in [0.15, 0.2) is 0 Å². The van der Waals surface area contributed by atoms with Gasteiger partial charge in [0.2, 0.25) is 0 Å². The topological polar surface area (TPSA) is 12.9 Å². The van der Waals surface area contributed by atoms with E-state index in [4.69, 9.17) is 0 Å². The molecule has 0 fully saturated rings. The molecule has 0 aliphatic carbocycles. The molecule has 0 amide bonds. The number of benzene rings is 1. The zero-order valence-corrected chi connectivity index (χ0v) is 7.97. The van der Waals surface area contributed by atoms with Gasteiger partial charge in [-0.1, -0.05) is 24.3 Å². The molecule has 0 saturated heterocycles. The molecular formula is C11H8F3N. The van der Waals surface area contributed by atoms with Crippen LogP contribution in [0.2, 0.25) is 0 Å². The highest BCUT2D eigenvalue weighted by Gasteiger charge is 2.34. The third-order valence-electron chi connectivity index (χ3n) is 2.32. The number of aromatic nitrogens is 1. The van der Waals surface area contributed by atoms with Crippen molar-refractivity contribution in [3.8, 4) is 0 Å². The quantitative estimate of drug-likeness (QED) is 0.649. The summed E-state index contributed by atoms with van der Waals surface area (Å²) < 4.78 is 37.5. The molecule has 0 spiro atoms. The van der Waals surface area contributed by atoms with Crippen molar-refractivity contribution in [2.45, 2.75) is 13.1 Å². The predicted molar refractivity (Wildman–Crippen MR) is 51.5 cm³/mol. The van der Waals surface area contributed by atoms with Crippen LogP contribution in [0.1, 0.15) is 11.3 Å². The van der Waals surface area contributed by atoms with Gasteiger partial charge in [0.1, 0.15) is 5.69 Å². The van der Waals surface area contributed by atoms with Gasteiger partial charge in [-0.3, -0.25) is 4.98 Å². The molecule has 0 radical (unpaired) electrons. The summed E-state index contributed by atoms with van der Waals surface area (Å²) in [5, 5.41) is 1.32. The van der Waals surface area contributed by atoms with E-state index in [2.05, 4.69) is 4.98 Å². The first kappa shape index (κ1) is 9.96.